The number of hydrogen-bond donors (Lipinski definition) is 3. The first-order chi connectivity index (χ1) is 16.0. The number of methoxy groups -OCH3 is 1. The molecule has 0 radical (unpaired) electrons. The predicted octanol–water partition coefficient (Wildman–Crippen LogP) is 4.34. The highest BCUT2D eigenvalue weighted by molar-refractivity contribution is 5.97. The number of carbonyl (C=O) groups is 3. The van der Waals surface area contributed by atoms with Crippen molar-refractivity contribution in [3.8, 4) is 0 Å². The van der Waals surface area contributed by atoms with Crippen LogP contribution in [0.3, 0.4) is 0 Å². The van der Waals surface area contributed by atoms with Crippen LogP contribution in [0.1, 0.15) is 11.1 Å². The van der Waals surface area contributed by atoms with Crippen LogP contribution in [0.15, 0.2) is 84.9 Å². The molecule has 3 amide bonds. The Kier molecular flexibility index (Phi) is 8.41. The second kappa shape index (κ2) is 11.9. The maximum absolute atomic E-state index is 13.0. The van der Waals surface area contributed by atoms with E-state index in [-0.39, 0.29) is 13.0 Å². The topological polar surface area (TPSA) is 106 Å². The predicted molar refractivity (Wildman–Crippen MR) is 125 cm³/mol. The third-order valence-electron chi connectivity index (χ3n) is 4.69. The molecule has 8 nitrogen and oxygen atoms in total. The van der Waals surface area contributed by atoms with Crippen molar-refractivity contribution >= 4 is 29.5 Å². The SMILES string of the molecule is COC(=O)Nc1ccc(NC(=O)[C@H](Cc2ccccc2)NC(=O)OCc2ccccc2)cc1. The molecule has 3 rings (SSSR count). The van der Waals surface area contributed by atoms with Gasteiger partial charge in [0.15, 0.2) is 0 Å². The van der Waals surface area contributed by atoms with Gasteiger partial charge in [-0.05, 0) is 35.4 Å². The molecule has 0 bridgehead atoms. The molecule has 3 aromatic rings. The fraction of sp³-hybridized carbons (Fsp3) is 0.160. The molecule has 33 heavy (non-hydrogen) atoms. The molecule has 0 fully saturated rings. The molecule has 3 N–H and O–H groups in total. The van der Waals surface area contributed by atoms with E-state index >= 15 is 0 Å². The van der Waals surface area contributed by atoms with Crippen LogP contribution in [-0.2, 0) is 27.3 Å². The molecule has 0 aliphatic carbocycles. The summed E-state index contributed by atoms with van der Waals surface area (Å²) >= 11 is 0. The lowest BCUT2D eigenvalue weighted by molar-refractivity contribution is -0.118. The van der Waals surface area contributed by atoms with Crippen LogP contribution in [0, 0.1) is 0 Å². The van der Waals surface area contributed by atoms with Crippen molar-refractivity contribution in [1.29, 1.82) is 0 Å². The molecule has 0 aliphatic heterocycles. The summed E-state index contributed by atoms with van der Waals surface area (Å²) in [5, 5.41) is 7.97. The fourth-order valence-corrected chi connectivity index (χ4v) is 3.00. The minimum absolute atomic E-state index is 0.0982. The van der Waals surface area contributed by atoms with Crippen LogP contribution >= 0.6 is 0 Å². The Morgan fingerprint density at radius 1 is 0.727 bits per heavy atom. The Morgan fingerprint density at radius 3 is 1.85 bits per heavy atom. The highest BCUT2D eigenvalue weighted by atomic mass is 16.5. The minimum Gasteiger partial charge on any atom is -0.453 e. The van der Waals surface area contributed by atoms with Crippen LogP contribution < -0.4 is 16.0 Å². The normalized spacial score (nSPS) is 11.1. The Hall–Kier alpha value is -4.33. The molecule has 1 atom stereocenters. The summed E-state index contributed by atoms with van der Waals surface area (Å²) < 4.78 is 9.83. The maximum Gasteiger partial charge on any atom is 0.411 e. The summed E-state index contributed by atoms with van der Waals surface area (Å²) in [4.78, 5) is 36.6. The third kappa shape index (κ3) is 7.70. The summed E-state index contributed by atoms with van der Waals surface area (Å²) in [5.74, 6) is -0.399. The first kappa shape index (κ1) is 23.3. The largest absolute Gasteiger partial charge is 0.453 e. The van der Waals surface area contributed by atoms with Crippen LogP contribution in [0.25, 0.3) is 0 Å². The first-order valence-electron chi connectivity index (χ1n) is 10.3. The Labute approximate surface area is 191 Å². The number of rotatable bonds is 8. The van der Waals surface area contributed by atoms with Gasteiger partial charge < -0.3 is 20.1 Å². The van der Waals surface area contributed by atoms with Gasteiger partial charge >= 0.3 is 12.2 Å². The van der Waals surface area contributed by atoms with Crippen LogP contribution in [0.2, 0.25) is 0 Å². The van der Waals surface area contributed by atoms with Crippen LogP contribution in [0.4, 0.5) is 21.0 Å². The van der Waals surface area contributed by atoms with E-state index in [1.54, 1.807) is 24.3 Å². The van der Waals surface area contributed by atoms with Crippen molar-refractivity contribution in [2.45, 2.75) is 19.1 Å². The Balaban J connectivity index is 1.64. The number of hydrogen-bond acceptors (Lipinski definition) is 5. The number of anilines is 2. The maximum atomic E-state index is 13.0. The van der Waals surface area contributed by atoms with Crippen molar-refractivity contribution in [2.24, 2.45) is 0 Å². The molecule has 0 saturated heterocycles. The van der Waals surface area contributed by atoms with E-state index in [4.69, 9.17) is 4.74 Å². The zero-order valence-corrected chi connectivity index (χ0v) is 18.1. The molecule has 0 spiro atoms. The quantitative estimate of drug-likeness (QED) is 0.476. The molecule has 0 saturated carbocycles. The average Bonchev–Trinajstić information content (AvgIpc) is 2.84. The third-order valence-corrected chi connectivity index (χ3v) is 4.69. The monoisotopic (exact) mass is 447 g/mol. The Bertz CT molecular complexity index is 1060. The standard InChI is InChI=1S/C25H25N3O5/c1-32-24(30)27-21-14-12-20(13-15-21)26-23(29)22(16-18-8-4-2-5-9-18)28-25(31)33-17-19-10-6-3-7-11-19/h2-15,22H,16-17H2,1H3,(H,26,29)(H,27,30)(H,28,31)/t22-/m0/s1. The van der Waals surface area contributed by atoms with Gasteiger partial charge in [-0.3, -0.25) is 10.1 Å². The molecule has 0 heterocycles. The molecule has 0 unspecified atom stereocenters. The zero-order chi connectivity index (χ0) is 23.5. The van der Waals surface area contributed by atoms with Gasteiger partial charge in [-0.15, -0.1) is 0 Å². The van der Waals surface area contributed by atoms with Gasteiger partial charge in [-0.2, -0.15) is 0 Å². The number of alkyl carbamates (subject to hydrolysis) is 1. The summed E-state index contributed by atoms with van der Waals surface area (Å²) in [6.45, 7) is 0.0982. The highest BCUT2D eigenvalue weighted by Gasteiger charge is 2.22. The van der Waals surface area contributed by atoms with E-state index in [9.17, 15) is 14.4 Å². The number of amides is 3. The first-order valence-corrected chi connectivity index (χ1v) is 10.3. The van der Waals surface area contributed by atoms with Crippen molar-refractivity contribution in [3.05, 3.63) is 96.1 Å². The van der Waals surface area contributed by atoms with Crippen molar-refractivity contribution in [1.82, 2.24) is 5.32 Å². The lowest BCUT2D eigenvalue weighted by Crippen LogP contribution is -2.45. The average molecular weight is 447 g/mol. The van der Waals surface area contributed by atoms with Crippen LogP contribution in [-0.4, -0.2) is 31.2 Å². The van der Waals surface area contributed by atoms with E-state index in [2.05, 4.69) is 20.7 Å². The van der Waals surface area contributed by atoms with Gasteiger partial charge in [-0.1, -0.05) is 60.7 Å². The summed E-state index contributed by atoms with van der Waals surface area (Å²) in [6, 6.07) is 24.3. The van der Waals surface area contributed by atoms with E-state index in [1.165, 1.54) is 7.11 Å². The molecule has 8 heteroatoms. The lowest BCUT2D eigenvalue weighted by Gasteiger charge is -2.19. The molecular weight excluding hydrogens is 422 g/mol. The van der Waals surface area contributed by atoms with Gasteiger partial charge in [0.1, 0.15) is 12.6 Å². The number of nitrogens with one attached hydrogen (secondary N) is 3. The van der Waals surface area contributed by atoms with E-state index in [0.29, 0.717) is 11.4 Å². The summed E-state index contributed by atoms with van der Waals surface area (Å²) in [7, 11) is 1.27. The van der Waals surface area contributed by atoms with Crippen molar-refractivity contribution in [3.63, 3.8) is 0 Å². The van der Waals surface area contributed by atoms with E-state index < -0.39 is 24.1 Å². The van der Waals surface area contributed by atoms with Crippen molar-refractivity contribution < 1.29 is 23.9 Å². The lowest BCUT2D eigenvalue weighted by atomic mass is 10.1. The number of benzene rings is 3. The van der Waals surface area contributed by atoms with Gasteiger partial charge in [-0.25, -0.2) is 9.59 Å². The molecule has 0 aromatic heterocycles. The van der Waals surface area contributed by atoms with Gasteiger partial charge in [0.2, 0.25) is 5.91 Å². The van der Waals surface area contributed by atoms with E-state index in [0.717, 1.165) is 11.1 Å². The Morgan fingerprint density at radius 2 is 1.27 bits per heavy atom. The summed E-state index contributed by atoms with van der Waals surface area (Å²) in [6.07, 6.45) is -0.991. The second-order valence-corrected chi connectivity index (χ2v) is 7.13. The second-order valence-electron chi connectivity index (χ2n) is 7.13. The van der Waals surface area contributed by atoms with Gasteiger partial charge in [0.05, 0.1) is 7.11 Å². The van der Waals surface area contributed by atoms with Gasteiger partial charge in [0.25, 0.3) is 0 Å². The fourth-order valence-electron chi connectivity index (χ4n) is 3.00. The van der Waals surface area contributed by atoms with Crippen LogP contribution in [0.5, 0.6) is 0 Å². The number of ether oxygens (including phenoxy) is 2. The van der Waals surface area contributed by atoms with Crippen molar-refractivity contribution in [2.75, 3.05) is 17.7 Å². The van der Waals surface area contributed by atoms with Gasteiger partial charge in [0, 0.05) is 17.8 Å². The highest BCUT2D eigenvalue weighted by Crippen LogP contribution is 2.15. The smallest absolute Gasteiger partial charge is 0.411 e. The van der Waals surface area contributed by atoms with E-state index in [1.807, 2.05) is 60.7 Å². The summed E-state index contributed by atoms with van der Waals surface area (Å²) in [5.41, 5.74) is 2.76. The minimum atomic E-state index is -0.858. The molecule has 170 valence electrons. The molecule has 3 aromatic carbocycles. The zero-order valence-electron chi connectivity index (χ0n) is 18.1. The number of carbonyl (C=O) groups excluding carboxylic acids is 3. The molecule has 0 aliphatic rings. The molecular formula is C25H25N3O5.